The number of halogens is 3. The predicted molar refractivity (Wildman–Crippen MR) is 152 cm³/mol. The molecule has 3 aromatic carbocycles. The maximum Gasteiger partial charge on any atom is 0.336 e. The number of dihydropyridines is 1. The molecule has 2 aliphatic rings. The van der Waals surface area contributed by atoms with Crippen LogP contribution < -0.4 is 5.32 Å². The topological polar surface area (TPSA) is 55.4 Å². The summed E-state index contributed by atoms with van der Waals surface area (Å²) < 4.78 is 5.74. The van der Waals surface area contributed by atoms with Crippen molar-refractivity contribution in [1.82, 2.24) is 5.32 Å². The molecule has 0 amide bonds. The zero-order valence-corrected chi connectivity index (χ0v) is 23.0. The molecule has 0 bridgehead atoms. The van der Waals surface area contributed by atoms with Gasteiger partial charge in [0.1, 0.15) is 0 Å². The Balaban J connectivity index is 1.49. The first-order valence-electron chi connectivity index (χ1n) is 12.5. The largest absolute Gasteiger partial charge is 0.462 e. The Morgan fingerprint density at radius 3 is 2.42 bits per heavy atom. The van der Waals surface area contributed by atoms with Gasteiger partial charge in [0.25, 0.3) is 0 Å². The summed E-state index contributed by atoms with van der Waals surface area (Å²) in [5, 5.41) is 4.70. The zero-order valence-electron chi connectivity index (χ0n) is 20.8. The number of carbonyl (C=O) groups excluding carboxylic acids is 2. The Hall–Kier alpha value is -3.05. The number of allylic oxidation sites excluding steroid dienone is 3. The van der Waals surface area contributed by atoms with Crippen LogP contribution in [0.5, 0.6) is 0 Å². The lowest BCUT2D eigenvalue weighted by atomic mass is 9.71. The van der Waals surface area contributed by atoms with Crippen LogP contribution >= 0.6 is 34.8 Å². The van der Waals surface area contributed by atoms with Crippen LogP contribution in [0.25, 0.3) is 0 Å². The molecule has 0 saturated heterocycles. The van der Waals surface area contributed by atoms with E-state index in [1.807, 2.05) is 67.6 Å². The second-order valence-corrected chi connectivity index (χ2v) is 10.8. The molecule has 0 saturated carbocycles. The van der Waals surface area contributed by atoms with Crippen LogP contribution in [0, 0.1) is 0 Å². The average Bonchev–Trinajstić information content (AvgIpc) is 2.90. The number of nitrogens with one attached hydrogen (secondary N) is 1. The van der Waals surface area contributed by atoms with Crippen LogP contribution in [0.15, 0.2) is 95.3 Å². The molecule has 0 radical (unpaired) electrons. The summed E-state index contributed by atoms with van der Waals surface area (Å²) in [5.74, 6) is -1.21. The van der Waals surface area contributed by atoms with Crippen LogP contribution in [-0.4, -0.2) is 18.4 Å². The lowest BCUT2D eigenvalue weighted by Crippen LogP contribution is -2.36. The number of hydrogen-bond acceptors (Lipinski definition) is 4. The summed E-state index contributed by atoms with van der Waals surface area (Å²) in [6.45, 7) is 2.05. The van der Waals surface area contributed by atoms with Gasteiger partial charge in [0.15, 0.2) is 5.78 Å². The van der Waals surface area contributed by atoms with E-state index in [0.717, 1.165) is 16.8 Å². The van der Waals surface area contributed by atoms with E-state index in [9.17, 15) is 9.59 Å². The van der Waals surface area contributed by atoms with E-state index < -0.39 is 11.9 Å². The quantitative estimate of drug-likeness (QED) is 0.309. The van der Waals surface area contributed by atoms with Gasteiger partial charge in [-0.15, -0.1) is 0 Å². The molecule has 1 aliphatic heterocycles. The van der Waals surface area contributed by atoms with Gasteiger partial charge >= 0.3 is 5.97 Å². The predicted octanol–water partition coefficient (Wildman–Crippen LogP) is 7.79. The summed E-state index contributed by atoms with van der Waals surface area (Å²) in [7, 11) is 0. The van der Waals surface area contributed by atoms with E-state index in [0.29, 0.717) is 56.7 Å². The van der Waals surface area contributed by atoms with Gasteiger partial charge in [0, 0.05) is 40.7 Å². The van der Waals surface area contributed by atoms with Crippen LogP contribution in [0.4, 0.5) is 0 Å². The minimum atomic E-state index is -0.680. The van der Waals surface area contributed by atoms with E-state index in [2.05, 4.69) is 5.32 Å². The molecule has 0 aromatic heterocycles. The Kier molecular flexibility index (Phi) is 7.94. The number of esters is 1. The summed E-state index contributed by atoms with van der Waals surface area (Å²) in [5.41, 5.74) is 5.07. The van der Waals surface area contributed by atoms with Crippen molar-refractivity contribution in [2.75, 3.05) is 6.61 Å². The van der Waals surface area contributed by atoms with Crippen molar-refractivity contribution in [3.63, 3.8) is 0 Å². The number of rotatable bonds is 6. The molecule has 0 fully saturated rings. The van der Waals surface area contributed by atoms with E-state index in [-0.39, 0.29) is 18.3 Å². The molecule has 1 aliphatic carbocycles. The van der Waals surface area contributed by atoms with Crippen molar-refractivity contribution < 1.29 is 14.3 Å². The van der Waals surface area contributed by atoms with Gasteiger partial charge in [-0.25, -0.2) is 4.79 Å². The van der Waals surface area contributed by atoms with Crippen LogP contribution in [0.3, 0.4) is 0 Å². The van der Waals surface area contributed by atoms with Crippen LogP contribution in [-0.2, 0) is 20.7 Å². The van der Waals surface area contributed by atoms with Crippen molar-refractivity contribution >= 4 is 46.6 Å². The highest BCUT2D eigenvalue weighted by molar-refractivity contribution is 6.42. The molecule has 3 aromatic rings. The number of Topliss-reactive ketones (excluding diaryl/α,β-unsaturated/α-hetero) is 1. The molecule has 194 valence electrons. The summed E-state index contributed by atoms with van der Waals surface area (Å²) >= 11 is 19.1. The summed E-state index contributed by atoms with van der Waals surface area (Å²) in [6.07, 6.45) is 1.52. The number of ether oxygens (including phenoxy) is 1. The fourth-order valence-electron chi connectivity index (χ4n) is 5.32. The standard InChI is InChI=1S/C31H26Cl3NO3/c1-18-27(31(37)38-15-14-19-6-3-2-4-7-19)28(23-8-5-9-24(33)30(23)34)29-25(35-18)16-21(17-26(29)36)20-10-12-22(32)13-11-20/h2-13,21,28,35H,14-17H2,1H3/t21-,28-/m0/s1. The third-order valence-electron chi connectivity index (χ3n) is 7.15. The van der Waals surface area contributed by atoms with Gasteiger partial charge in [-0.2, -0.15) is 0 Å². The minimum Gasteiger partial charge on any atom is -0.462 e. The second kappa shape index (κ2) is 11.4. The zero-order chi connectivity index (χ0) is 26.8. The molecule has 2 atom stereocenters. The van der Waals surface area contributed by atoms with Crippen molar-refractivity contribution in [2.24, 2.45) is 0 Å². The molecule has 38 heavy (non-hydrogen) atoms. The maximum atomic E-state index is 13.8. The van der Waals surface area contributed by atoms with E-state index in [4.69, 9.17) is 39.5 Å². The number of benzene rings is 3. The molecule has 5 rings (SSSR count). The molecule has 1 N–H and O–H groups in total. The Morgan fingerprint density at radius 1 is 0.947 bits per heavy atom. The Labute approximate surface area is 237 Å². The van der Waals surface area contributed by atoms with Crippen molar-refractivity contribution in [3.8, 4) is 0 Å². The summed E-state index contributed by atoms with van der Waals surface area (Å²) in [4.78, 5) is 27.3. The fraction of sp³-hybridized carbons (Fsp3) is 0.226. The number of ketones is 1. The number of carbonyl (C=O) groups is 2. The van der Waals surface area contributed by atoms with Gasteiger partial charge in [-0.3, -0.25) is 4.79 Å². The highest BCUT2D eigenvalue weighted by Crippen LogP contribution is 2.48. The monoisotopic (exact) mass is 565 g/mol. The minimum absolute atomic E-state index is 0.00586. The maximum absolute atomic E-state index is 13.8. The normalized spacial score (nSPS) is 19.2. The Bertz CT molecular complexity index is 1440. The highest BCUT2D eigenvalue weighted by atomic mass is 35.5. The average molecular weight is 567 g/mol. The second-order valence-electron chi connectivity index (χ2n) is 9.58. The van der Waals surface area contributed by atoms with Crippen LogP contribution in [0.1, 0.15) is 48.3 Å². The van der Waals surface area contributed by atoms with Gasteiger partial charge in [-0.05, 0) is 54.2 Å². The van der Waals surface area contributed by atoms with E-state index in [1.54, 1.807) is 12.1 Å². The van der Waals surface area contributed by atoms with Crippen molar-refractivity contribution in [1.29, 1.82) is 0 Å². The van der Waals surface area contributed by atoms with Crippen LogP contribution in [0.2, 0.25) is 15.1 Å². The smallest absolute Gasteiger partial charge is 0.336 e. The highest BCUT2D eigenvalue weighted by Gasteiger charge is 2.42. The first kappa shape index (κ1) is 26.6. The van der Waals surface area contributed by atoms with Gasteiger partial charge in [0.2, 0.25) is 0 Å². The van der Waals surface area contributed by atoms with Crippen molar-refractivity contribution in [2.45, 2.75) is 38.0 Å². The van der Waals surface area contributed by atoms with E-state index in [1.165, 1.54) is 0 Å². The van der Waals surface area contributed by atoms with Crippen molar-refractivity contribution in [3.05, 3.63) is 127 Å². The molecular weight excluding hydrogens is 541 g/mol. The third kappa shape index (κ3) is 5.40. The lowest BCUT2D eigenvalue weighted by molar-refractivity contribution is -0.139. The van der Waals surface area contributed by atoms with Gasteiger partial charge in [0.05, 0.1) is 22.2 Å². The fourth-order valence-corrected chi connectivity index (χ4v) is 5.86. The molecule has 0 unspecified atom stereocenters. The summed E-state index contributed by atoms with van der Waals surface area (Å²) in [6, 6.07) is 22.7. The van der Waals surface area contributed by atoms with E-state index >= 15 is 0 Å². The number of hydrogen-bond donors (Lipinski definition) is 1. The Morgan fingerprint density at radius 2 is 1.68 bits per heavy atom. The third-order valence-corrected chi connectivity index (χ3v) is 8.23. The van der Waals surface area contributed by atoms with Gasteiger partial charge in [-0.1, -0.05) is 89.4 Å². The molecule has 7 heteroatoms. The van der Waals surface area contributed by atoms with Gasteiger partial charge < -0.3 is 10.1 Å². The SMILES string of the molecule is CC1=C(C(=O)OCCc2ccccc2)[C@H](c2cccc(Cl)c2Cl)C2=C(C[C@H](c3ccc(Cl)cc3)CC2=O)N1. The molecule has 4 nitrogen and oxygen atoms in total. The molecule has 1 heterocycles. The molecule has 0 spiro atoms. The first-order valence-corrected chi connectivity index (χ1v) is 13.6. The first-order chi connectivity index (χ1) is 18.3. The lowest BCUT2D eigenvalue weighted by Gasteiger charge is -2.37. The molecular formula is C31H26Cl3NO3.